The van der Waals surface area contributed by atoms with E-state index < -0.39 is 18.5 Å². The van der Waals surface area contributed by atoms with Crippen LogP contribution < -0.4 is 15.2 Å². The number of nitrogens with one attached hydrogen (secondary N) is 1. The maximum atomic E-state index is 12.2. The molecule has 126 valence electrons. The van der Waals surface area contributed by atoms with Crippen molar-refractivity contribution in [3.05, 3.63) is 64.1 Å². The fourth-order valence-electron chi connectivity index (χ4n) is 1.85. The van der Waals surface area contributed by atoms with Gasteiger partial charge in [-0.25, -0.2) is 0 Å². The monoisotopic (exact) mass is 399 g/mol. The zero-order chi connectivity index (χ0) is 18.2. The molecule has 7 heteroatoms. The second-order valence-electron chi connectivity index (χ2n) is 4.86. The third-order valence-corrected chi connectivity index (χ3v) is 3.54. The van der Waals surface area contributed by atoms with Crippen LogP contribution in [0.1, 0.15) is 5.56 Å². The summed E-state index contributed by atoms with van der Waals surface area (Å²) in [5.74, 6) is -1.50. The Morgan fingerprint density at radius 1 is 1.16 bits per heavy atom. The normalized spacial score (nSPS) is 10.6. The Morgan fingerprint density at radius 3 is 2.36 bits per heavy atom. The fraction of sp³-hybridized carbons (Fsp3) is 0.0556. The first-order valence-electron chi connectivity index (χ1n) is 7.09. The quantitative estimate of drug-likeness (QED) is 0.591. The van der Waals surface area contributed by atoms with Crippen molar-refractivity contribution in [3.63, 3.8) is 0 Å². The highest BCUT2D eigenvalue weighted by molar-refractivity contribution is 9.10. The van der Waals surface area contributed by atoms with Gasteiger partial charge >= 0.3 is 0 Å². The van der Waals surface area contributed by atoms with Crippen LogP contribution in [0, 0.1) is 11.3 Å². The average molecular weight is 400 g/mol. The van der Waals surface area contributed by atoms with Crippen LogP contribution in [-0.4, -0.2) is 18.5 Å². The maximum Gasteiger partial charge on any atom is 0.266 e. The van der Waals surface area contributed by atoms with Gasteiger partial charge in [-0.15, -0.1) is 0 Å². The van der Waals surface area contributed by atoms with E-state index in [9.17, 15) is 20.0 Å². The van der Waals surface area contributed by atoms with Gasteiger partial charge in [-0.3, -0.25) is 4.79 Å². The van der Waals surface area contributed by atoms with Crippen molar-refractivity contribution in [1.29, 1.82) is 5.26 Å². The highest BCUT2D eigenvalue weighted by atomic mass is 79.9. The van der Waals surface area contributed by atoms with Gasteiger partial charge in [0.25, 0.3) is 5.91 Å². The topological polar surface area (TPSA) is 102 Å². The number of hydrogen-bond acceptors (Lipinski definition) is 5. The van der Waals surface area contributed by atoms with Crippen LogP contribution in [0.3, 0.4) is 0 Å². The largest absolute Gasteiger partial charge is 0.546 e. The average Bonchev–Trinajstić information content (AvgIpc) is 2.60. The number of hydrogen-bond donors (Lipinski definition) is 1. The molecular weight excluding hydrogens is 388 g/mol. The van der Waals surface area contributed by atoms with Crippen LogP contribution in [0.15, 0.2) is 58.6 Å². The number of anilines is 1. The van der Waals surface area contributed by atoms with Crippen molar-refractivity contribution in [2.24, 2.45) is 0 Å². The number of carboxylic acid groups (broad SMARTS) is 1. The molecule has 6 nitrogen and oxygen atoms in total. The third-order valence-electron chi connectivity index (χ3n) is 3.01. The molecule has 0 atom stereocenters. The van der Waals surface area contributed by atoms with Crippen molar-refractivity contribution in [2.45, 2.75) is 0 Å². The fourth-order valence-corrected chi connectivity index (χ4v) is 2.11. The van der Waals surface area contributed by atoms with Crippen molar-refractivity contribution in [1.82, 2.24) is 0 Å². The number of carbonyl (C=O) groups is 2. The number of halogens is 1. The summed E-state index contributed by atoms with van der Waals surface area (Å²) in [5, 5.41) is 22.2. The zero-order valence-electron chi connectivity index (χ0n) is 12.9. The second-order valence-corrected chi connectivity index (χ2v) is 5.78. The van der Waals surface area contributed by atoms with Crippen LogP contribution in [0.25, 0.3) is 6.08 Å². The molecule has 0 unspecified atom stereocenters. The number of nitrogens with zero attached hydrogens (tertiary/aromatic N) is 1. The van der Waals surface area contributed by atoms with Crippen molar-refractivity contribution in [2.75, 3.05) is 11.9 Å². The summed E-state index contributed by atoms with van der Waals surface area (Å²) in [5.41, 5.74) is 1.11. The summed E-state index contributed by atoms with van der Waals surface area (Å²) in [6, 6.07) is 15.1. The molecule has 25 heavy (non-hydrogen) atoms. The van der Waals surface area contributed by atoms with E-state index in [4.69, 9.17) is 4.74 Å². The summed E-state index contributed by atoms with van der Waals surface area (Å²) < 4.78 is 5.84. The smallest absolute Gasteiger partial charge is 0.266 e. The van der Waals surface area contributed by atoms with Gasteiger partial charge in [0.15, 0.2) is 0 Å². The highest BCUT2D eigenvalue weighted by Gasteiger charge is 2.09. The molecule has 2 aromatic carbocycles. The molecule has 0 bridgehead atoms. The minimum atomic E-state index is -1.32. The molecule has 0 spiro atoms. The Bertz CT molecular complexity index is 837. The molecule has 1 amide bonds. The SMILES string of the molecule is N#C/C(=C\c1ccc(OCC(=O)[O-])cc1)C(=O)Nc1ccc(Br)cc1. The van der Waals surface area contributed by atoms with E-state index in [1.807, 2.05) is 6.07 Å². The van der Waals surface area contributed by atoms with Crippen LogP contribution >= 0.6 is 15.9 Å². The Kier molecular flexibility index (Phi) is 6.32. The summed E-state index contributed by atoms with van der Waals surface area (Å²) in [4.78, 5) is 22.5. The predicted octanol–water partition coefficient (Wildman–Crippen LogP) is 2.12. The van der Waals surface area contributed by atoms with Gasteiger partial charge < -0.3 is 20.0 Å². The van der Waals surface area contributed by atoms with Crippen LogP contribution in [0.4, 0.5) is 5.69 Å². The van der Waals surface area contributed by atoms with E-state index in [-0.39, 0.29) is 5.57 Å². The number of carbonyl (C=O) groups excluding carboxylic acids is 2. The van der Waals surface area contributed by atoms with Gasteiger partial charge in [0.2, 0.25) is 0 Å². The Hall–Kier alpha value is -3.11. The van der Waals surface area contributed by atoms with Gasteiger partial charge in [0, 0.05) is 10.2 Å². The van der Waals surface area contributed by atoms with Crippen LogP contribution in [0.5, 0.6) is 5.75 Å². The molecule has 0 aromatic heterocycles. The molecule has 0 saturated heterocycles. The highest BCUT2D eigenvalue weighted by Crippen LogP contribution is 2.17. The second kappa shape index (κ2) is 8.66. The van der Waals surface area contributed by atoms with E-state index in [1.54, 1.807) is 36.4 Å². The molecule has 0 heterocycles. The zero-order valence-corrected chi connectivity index (χ0v) is 14.4. The molecule has 2 aromatic rings. The molecular formula is C18H12BrN2O4-. The van der Waals surface area contributed by atoms with E-state index >= 15 is 0 Å². The molecule has 0 radical (unpaired) electrons. The number of rotatable bonds is 6. The van der Waals surface area contributed by atoms with Crippen LogP contribution in [0.2, 0.25) is 0 Å². The maximum absolute atomic E-state index is 12.2. The number of aliphatic carboxylic acids is 1. The summed E-state index contributed by atoms with van der Waals surface area (Å²) in [6.45, 7) is -0.547. The van der Waals surface area contributed by atoms with Crippen LogP contribution in [-0.2, 0) is 9.59 Å². The van der Waals surface area contributed by atoms with Gasteiger partial charge in [-0.1, -0.05) is 28.1 Å². The Balaban J connectivity index is 2.08. The van der Waals surface area contributed by atoms with E-state index in [2.05, 4.69) is 21.2 Å². The number of nitriles is 1. The number of amides is 1. The van der Waals surface area contributed by atoms with E-state index in [0.717, 1.165) is 4.47 Å². The number of benzene rings is 2. The Morgan fingerprint density at radius 2 is 1.80 bits per heavy atom. The molecule has 1 N–H and O–H groups in total. The van der Waals surface area contributed by atoms with Crippen molar-refractivity contribution < 1.29 is 19.4 Å². The summed E-state index contributed by atoms with van der Waals surface area (Å²) in [6.07, 6.45) is 1.43. The molecule has 0 aliphatic rings. The lowest BCUT2D eigenvalue weighted by Crippen LogP contribution is -2.28. The lowest BCUT2D eigenvalue weighted by molar-refractivity contribution is -0.307. The summed E-state index contributed by atoms with van der Waals surface area (Å²) in [7, 11) is 0. The van der Waals surface area contributed by atoms with E-state index in [1.165, 1.54) is 18.2 Å². The number of carboxylic acids is 1. The molecule has 0 aliphatic heterocycles. The minimum Gasteiger partial charge on any atom is -0.546 e. The van der Waals surface area contributed by atoms with Gasteiger partial charge in [-0.05, 0) is 48.0 Å². The lowest BCUT2D eigenvalue weighted by Gasteiger charge is -2.07. The first-order valence-corrected chi connectivity index (χ1v) is 7.88. The van der Waals surface area contributed by atoms with Gasteiger partial charge in [-0.2, -0.15) is 5.26 Å². The van der Waals surface area contributed by atoms with E-state index in [0.29, 0.717) is 17.0 Å². The number of ether oxygens (including phenoxy) is 1. The molecule has 0 fully saturated rings. The predicted molar refractivity (Wildman–Crippen MR) is 93.3 cm³/mol. The molecule has 2 rings (SSSR count). The van der Waals surface area contributed by atoms with Crippen molar-refractivity contribution >= 4 is 39.6 Å². The molecule has 0 aliphatic carbocycles. The first-order chi connectivity index (χ1) is 12.0. The first kappa shape index (κ1) is 18.2. The third kappa shape index (κ3) is 5.79. The Labute approximate surface area is 152 Å². The molecule has 0 saturated carbocycles. The standard InChI is InChI=1S/C18H13BrN2O4/c19-14-3-5-15(6-4-14)21-18(24)13(10-20)9-12-1-7-16(8-2-12)25-11-17(22)23/h1-9H,11H2,(H,21,24)(H,22,23)/p-1/b13-9+. The lowest BCUT2D eigenvalue weighted by atomic mass is 10.1. The summed E-state index contributed by atoms with van der Waals surface area (Å²) >= 11 is 3.30. The van der Waals surface area contributed by atoms with Gasteiger partial charge in [0.1, 0.15) is 24.0 Å². The van der Waals surface area contributed by atoms with Gasteiger partial charge in [0.05, 0.1) is 5.97 Å². The minimum absolute atomic E-state index is 0.0636. The van der Waals surface area contributed by atoms with Crippen molar-refractivity contribution in [3.8, 4) is 11.8 Å².